The molecule has 2 aliphatic rings. The Hall–Kier alpha value is -2.80. The molecule has 5 rings (SSSR count). The van der Waals surface area contributed by atoms with Gasteiger partial charge < -0.3 is 10.6 Å². The van der Waals surface area contributed by atoms with E-state index < -0.39 is 0 Å². The summed E-state index contributed by atoms with van der Waals surface area (Å²) in [5.74, 6) is 0.919. The second-order valence-corrected chi connectivity index (χ2v) is 8.33. The van der Waals surface area contributed by atoms with E-state index in [0.717, 1.165) is 46.3 Å². The van der Waals surface area contributed by atoms with Crippen molar-refractivity contribution in [1.29, 1.82) is 0 Å². The number of rotatable bonds is 4. The van der Waals surface area contributed by atoms with Crippen LogP contribution in [-0.2, 0) is 0 Å². The lowest BCUT2D eigenvalue weighted by Crippen LogP contribution is -2.26. The maximum Gasteiger partial charge on any atom is 0.240 e. The minimum atomic E-state index is 0. The molecule has 3 aromatic heterocycles. The van der Waals surface area contributed by atoms with E-state index in [-0.39, 0.29) is 2.85 Å². The van der Waals surface area contributed by atoms with Crippen molar-refractivity contribution in [2.24, 2.45) is 4.99 Å². The van der Waals surface area contributed by atoms with Gasteiger partial charge >= 0.3 is 0 Å². The van der Waals surface area contributed by atoms with E-state index in [1.165, 1.54) is 32.1 Å². The van der Waals surface area contributed by atoms with Crippen LogP contribution >= 0.6 is 0 Å². The third-order valence-corrected chi connectivity index (χ3v) is 6.37. The van der Waals surface area contributed by atoms with Crippen molar-refractivity contribution in [3.63, 3.8) is 0 Å². The lowest BCUT2D eigenvalue weighted by Gasteiger charge is -2.20. The number of hydrogen-bond donors (Lipinski definition) is 2. The minimum absolute atomic E-state index is 0. The molecule has 168 valence electrons. The summed E-state index contributed by atoms with van der Waals surface area (Å²) in [7, 11) is 3.87. The van der Waals surface area contributed by atoms with Crippen LogP contribution in [0.15, 0.2) is 35.6 Å². The van der Waals surface area contributed by atoms with Crippen molar-refractivity contribution in [3.05, 3.63) is 36.3 Å². The van der Waals surface area contributed by atoms with Crippen molar-refractivity contribution in [2.45, 2.75) is 64.3 Å². The van der Waals surface area contributed by atoms with E-state index >= 15 is 0 Å². The number of pyridine rings is 1. The highest BCUT2D eigenvalue weighted by Gasteiger charge is 2.25. The number of nitrogens with zero attached hydrogens (tertiary/aromatic N) is 5. The average molecular weight is 424 g/mol. The summed E-state index contributed by atoms with van der Waals surface area (Å²) in [6.07, 6.45) is 11.9. The first-order chi connectivity index (χ1) is 15.1. The van der Waals surface area contributed by atoms with Crippen LogP contribution in [0.3, 0.4) is 0 Å². The van der Waals surface area contributed by atoms with Gasteiger partial charge in [-0.05, 0) is 51.4 Å². The molecule has 31 heavy (non-hydrogen) atoms. The summed E-state index contributed by atoms with van der Waals surface area (Å²) in [6, 6.07) is 6.95. The summed E-state index contributed by atoms with van der Waals surface area (Å²) in [4.78, 5) is 13.8. The van der Waals surface area contributed by atoms with Crippen LogP contribution in [0.2, 0.25) is 0 Å². The molecule has 1 fully saturated rings. The van der Waals surface area contributed by atoms with Gasteiger partial charge in [-0.15, -0.1) is 5.10 Å². The van der Waals surface area contributed by atoms with E-state index in [9.17, 15) is 0 Å². The highest BCUT2D eigenvalue weighted by molar-refractivity contribution is 5.96. The molecule has 4 heterocycles. The van der Waals surface area contributed by atoms with Gasteiger partial charge in [0.05, 0.1) is 28.8 Å². The number of aliphatic imine (C=N–C) groups is 1. The van der Waals surface area contributed by atoms with Crippen LogP contribution in [0, 0.1) is 0 Å². The zero-order valence-electron chi connectivity index (χ0n) is 19.0. The van der Waals surface area contributed by atoms with Gasteiger partial charge in [0.2, 0.25) is 5.95 Å². The fourth-order valence-electron chi connectivity index (χ4n) is 4.55. The van der Waals surface area contributed by atoms with E-state index in [4.69, 9.17) is 4.98 Å². The number of aromatic nitrogens is 4. The Morgan fingerprint density at radius 1 is 1.13 bits per heavy atom. The smallest absolute Gasteiger partial charge is 0.240 e. The maximum absolute atomic E-state index is 4.89. The predicted molar refractivity (Wildman–Crippen MR) is 132 cm³/mol. The van der Waals surface area contributed by atoms with Crippen molar-refractivity contribution in [3.8, 4) is 11.3 Å². The average Bonchev–Trinajstić information content (AvgIpc) is 3.38. The SMILES string of the molecule is CCC1C(C)=Nc2ccc(-c3ccn4nc(NC)ncc34)nc21.CNC1CCCCC1.[HH].[HH]. The molecular weight excluding hydrogens is 386 g/mol. The largest absolute Gasteiger partial charge is 0.356 e. The molecule has 7 nitrogen and oxygen atoms in total. The van der Waals surface area contributed by atoms with Crippen LogP contribution in [0.1, 0.15) is 66.8 Å². The molecule has 0 saturated heterocycles. The predicted octanol–water partition coefficient (Wildman–Crippen LogP) is 5.46. The van der Waals surface area contributed by atoms with Crippen LogP contribution < -0.4 is 10.6 Å². The Labute approximate surface area is 187 Å². The molecule has 0 bridgehead atoms. The molecular formula is C24H37N7. The monoisotopic (exact) mass is 423 g/mol. The van der Waals surface area contributed by atoms with Gasteiger partial charge in [0.15, 0.2) is 0 Å². The summed E-state index contributed by atoms with van der Waals surface area (Å²) < 4.78 is 1.82. The first-order valence-electron chi connectivity index (χ1n) is 11.4. The number of nitrogens with one attached hydrogen (secondary N) is 2. The molecule has 0 spiro atoms. The zero-order chi connectivity index (χ0) is 21.8. The van der Waals surface area contributed by atoms with Gasteiger partial charge in [-0.1, -0.05) is 26.2 Å². The van der Waals surface area contributed by atoms with Crippen LogP contribution in [0.5, 0.6) is 0 Å². The molecule has 0 aromatic carbocycles. The fraction of sp³-hybridized carbons (Fsp3) is 0.500. The van der Waals surface area contributed by atoms with Crippen molar-refractivity contribution >= 4 is 22.9 Å². The third kappa shape index (κ3) is 4.46. The van der Waals surface area contributed by atoms with E-state index in [0.29, 0.717) is 11.9 Å². The first kappa shape index (κ1) is 21.4. The molecule has 2 N–H and O–H groups in total. The lowest BCUT2D eigenvalue weighted by atomic mass is 9.96. The number of hydrogen-bond acceptors (Lipinski definition) is 6. The molecule has 1 saturated carbocycles. The number of anilines is 1. The molecule has 3 aromatic rings. The molecule has 0 amide bonds. The standard InChI is InChI=1S/C17H18N6.C7H15N.2H2/c1-4-11-10(2)20-14-6-5-13(21-16(11)14)12-7-8-23-15(12)9-19-17(18-3)22-23;1-8-7-5-3-2-4-6-7;;/h5-9,11H,4H2,1-3H3,(H,18,22);7-8H,2-6H2,1H3;2*1H. The Morgan fingerprint density at radius 2 is 1.94 bits per heavy atom. The fourth-order valence-corrected chi connectivity index (χ4v) is 4.55. The number of fused-ring (bicyclic) bond motifs is 2. The zero-order valence-corrected chi connectivity index (χ0v) is 19.0. The van der Waals surface area contributed by atoms with Crippen molar-refractivity contribution in [2.75, 3.05) is 19.4 Å². The highest BCUT2D eigenvalue weighted by Crippen LogP contribution is 2.37. The van der Waals surface area contributed by atoms with E-state index in [1.54, 1.807) is 7.05 Å². The highest BCUT2D eigenvalue weighted by atomic mass is 15.3. The Morgan fingerprint density at radius 3 is 2.61 bits per heavy atom. The van der Waals surface area contributed by atoms with Gasteiger partial charge in [-0.2, -0.15) is 0 Å². The summed E-state index contributed by atoms with van der Waals surface area (Å²) >= 11 is 0. The quantitative estimate of drug-likeness (QED) is 0.582. The molecule has 1 unspecified atom stereocenters. The van der Waals surface area contributed by atoms with Gasteiger partial charge in [-0.3, -0.25) is 4.99 Å². The second kappa shape index (κ2) is 9.56. The van der Waals surface area contributed by atoms with Crippen molar-refractivity contribution < 1.29 is 2.85 Å². The molecule has 1 atom stereocenters. The van der Waals surface area contributed by atoms with Gasteiger partial charge in [0, 0.05) is 39.3 Å². The molecule has 7 heteroatoms. The van der Waals surface area contributed by atoms with Crippen molar-refractivity contribution in [1.82, 2.24) is 24.9 Å². The summed E-state index contributed by atoms with van der Waals surface area (Å²) in [6.45, 7) is 4.25. The lowest BCUT2D eigenvalue weighted by molar-refractivity contribution is 0.394. The summed E-state index contributed by atoms with van der Waals surface area (Å²) in [5, 5.41) is 10.6. The third-order valence-electron chi connectivity index (χ3n) is 6.37. The molecule has 1 aliphatic heterocycles. The molecule has 1 aliphatic carbocycles. The van der Waals surface area contributed by atoms with Crippen LogP contribution in [0.25, 0.3) is 16.8 Å². The van der Waals surface area contributed by atoms with Gasteiger partial charge in [0.25, 0.3) is 0 Å². The molecule has 0 radical (unpaired) electrons. The normalized spacial score (nSPS) is 18.3. The Bertz CT molecular complexity index is 1070. The Balaban J connectivity index is 0.000000331. The van der Waals surface area contributed by atoms with Crippen LogP contribution in [-0.4, -0.2) is 45.4 Å². The van der Waals surface area contributed by atoms with Gasteiger partial charge in [-0.25, -0.2) is 14.5 Å². The maximum atomic E-state index is 4.89. The minimum Gasteiger partial charge on any atom is -0.356 e. The van der Waals surface area contributed by atoms with Gasteiger partial charge in [0.1, 0.15) is 0 Å². The first-order valence-corrected chi connectivity index (χ1v) is 11.4. The second-order valence-electron chi connectivity index (χ2n) is 8.33. The Kier molecular flexibility index (Phi) is 6.61. The van der Waals surface area contributed by atoms with E-state index in [2.05, 4.69) is 52.7 Å². The van der Waals surface area contributed by atoms with E-state index in [1.807, 2.05) is 29.0 Å². The van der Waals surface area contributed by atoms with Crippen LogP contribution in [0.4, 0.5) is 11.6 Å². The topological polar surface area (TPSA) is 79.5 Å². The summed E-state index contributed by atoms with van der Waals surface area (Å²) in [5.41, 5.74) is 6.14.